The Morgan fingerprint density at radius 2 is 1.44 bits per heavy atom. The fourth-order valence-electron chi connectivity index (χ4n) is 1.51. The molecule has 0 unspecified atom stereocenters. The van der Waals surface area contributed by atoms with Gasteiger partial charge in [0, 0.05) is 0 Å². The summed E-state index contributed by atoms with van der Waals surface area (Å²) in [5.41, 5.74) is 1.25. The molecular weight excluding hydrogens is 196 g/mol. The molecule has 0 atom stereocenters. The van der Waals surface area contributed by atoms with Gasteiger partial charge in [-0.3, -0.25) is 0 Å². The molecule has 0 heterocycles. The number of benzene rings is 2. The van der Waals surface area contributed by atoms with E-state index in [1.54, 1.807) is 0 Å². The van der Waals surface area contributed by atoms with E-state index in [4.69, 9.17) is 4.74 Å². The summed E-state index contributed by atoms with van der Waals surface area (Å²) in [7, 11) is 0. The summed E-state index contributed by atoms with van der Waals surface area (Å²) in [4.78, 5) is 0. The molecule has 0 aliphatic heterocycles. The van der Waals surface area contributed by atoms with Crippen LogP contribution in [-0.4, -0.2) is 6.61 Å². The Morgan fingerprint density at radius 1 is 0.812 bits per heavy atom. The molecule has 2 aromatic carbocycles. The molecule has 0 spiro atoms. The Hall–Kier alpha value is -1.76. The first-order chi connectivity index (χ1) is 7.95. The summed E-state index contributed by atoms with van der Waals surface area (Å²) in [6.07, 6.45) is 3.11. The summed E-state index contributed by atoms with van der Waals surface area (Å²) in [6, 6.07) is 20.2. The molecule has 0 saturated carbocycles. The lowest BCUT2D eigenvalue weighted by Crippen LogP contribution is -1.97. The van der Waals surface area contributed by atoms with Crippen LogP contribution in [0.3, 0.4) is 0 Å². The second kappa shape index (κ2) is 5.96. The normalized spacial score (nSPS) is 10.0. The lowest BCUT2D eigenvalue weighted by Gasteiger charge is -2.05. The van der Waals surface area contributed by atoms with Crippen LogP contribution in [0.5, 0.6) is 5.75 Å². The number of rotatable bonds is 5. The summed E-state index contributed by atoms with van der Waals surface area (Å²) in [6.45, 7) is 0.721. The molecule has 1 heteroatoms. The van der Waals surface area contributed by atoms with E-state index in [1.807, 2.05) is 48.5 Å². The maximum atomic E-state index is 5.60. The molecule has 1 nitrogen and oxygen atoms in total. The van der Waals surface area contributed by atoms with Gasteiger partial charge in [0.2, 0.25) is 0 Å². The van der Waals surface area contributed by atoms with E-state index in [2.05, 4.69) is 18.6 Å². The zero-order valence-electron chi connectivity index (χ0n) is 9.17. The Bertz CT molecular complexity index is 353. The first-order valence-electron chi connectivity index (χ1n) is 5.51. The van der Waals surface area contributed by atoms with Gasteiger partial charge in [0.15, 0.2) is 0 Å². The van der Waals surface area contributed by atoms with Crippen LogP contribution in [0.25, 0.3) is 0 Å². The summed E-state index contributed by atoms with van der Waals surface area (Å²) in [5, 5.41) is 0. The Balaban J connectivity index is 1.70. The van der Waals surface area contributed by atoms with Gasteiger partial charge >= 0.3 is 0 Å². The Kier molecular flexibility index (Phi) is 4.00. The van der Waals surface area contributed by atoms with Gasteiger partial charge in [0.1, 0.15) is 5.75 Å². The fourth-order valence-corrected chi connectivity index (χ4v) is 1.51. The van der Waals surface area contributed by atoms with E-state index in [9.17, 15) is 0 Å². The first kappa shape index (κ1) is 10.7. The minimum Gasteiger partial charge on any atom is -0.494 e. The van der Waals surface area contributed by atoms with Gasteiger partial charge in [-0.05, 0) is 30.5 Å². The van der Waals surface area contributed by atoms with Crippen LogP contribution in [0.15, 0.2) is 60.7 Å². The topological polar surface area (TPSA) is 9.23 Å². The highest BCUT2D eigenvalue weighted by molar-refractivity contribution is 5.23. The number of hydrogen-bond donors (Lipinski definition) is 0. The molecule has 16 heavy (non-hydrogen) atoms. The summed E-state index contributed by atoms with van der Waals surface area (Å²) >= 11 is 0. The molecule has 0 bridgehead atoms. The summed E-state index contributed by atoms with van der Waals surface area (Å²) in [5.74, 6) is 0.934. The summed E-state index contributed by atoms with van der Waals surface area (Å²) < 4.78 is 5.60. The van der Waals surface area contributed by atoms with Crippen molar-refractivity contribution in [2.45, 2.75) is 6.42 Å². The molecule has 0 saturated heterocycles. The van der Waals surface area contributed by atoms with E-state index in [1.165, 1.54) is 5.56 Å². The molecule has 2 aromatic rings. The number of para-hydroxylation sites is 1. The molecule has 2 rings (SSSR count). The van der Waals surface area contributed by atoms with Crippen molar-refractivity contribution in [1.82, 2.24) is 0 Å². The smallest absolute Gasteiger partial charge is 0.119 e. The molecule has 0 aromatic heterocycles. The lowest BCUT2D eigenvalue weighted by molar-refractivity contribution is 0.321. The first-order valence-corrected chi connectivity index (χ1v) is 5.51. The second-order valence-corrected chi connectivity index (χ2v) is 3.56. The van der Waals surface area contributed by atoms with Crippen LogP contribution < -0.4 is 4.74 Å². The Morgan fingerprint density at radius 3 is 2.12 bits per heavy atom. The van der Waals surface area contributed by atoms with Gasteiger partial charge in [-0.15, -0.1) is 0 Å². The van der Waals surface area contributed by atoms with Crippen molar-refractivity contribution in [2.75, 3.05) is 6.61 Å². The van der Waals surface area contributed by atoms with E-state index in [0.717, 1.165) is 18.8 Å². The maximum Gasteiger partial charge on any atom is 0.119 e. The molecule has 0 aliphatic rings. The van der Waals surface area contributed by atoms with Crippen LogP contribution >= 0.6 is 0 Å². The van der Waals surface area contributed by atoms with Crippen LogP contribution in [0.4, 0.5) is 0 Å². The zero-order chi connectivity index (χ0) is 11.1. The molecule has 81 valence electrons. The molecule has 0 aliphatic carbocycles. The Labute approximate surface area is 96.7 Å². The maximum absolute atomic E-state index is 5.60. The van der Waals surface area contributed by atoms with E-state index < -0.39 is 0 Å². The number of ether oxygens (including phenoxy) is 1. The fraction of sp³-hybridized carbons (Fsp3) is 0.133. The van der Waals surface area contributed by atoms with Gasteiger partial charge in [-0.1, -0.05) is 48.5 Å². The highest BCUT2D eigenvalue weighted by atomic mass is 16.5. The van der Waals surface area contributed by atoms with Gasteiger partial charge in [0.25, 0.3) is 0 Å². The van der Waals surface area contributed by atoms with Gasteiger partial charge in [0.05, 0.1) is 6.61 Å². The minimum absolute atomic E-state index is 0.721. The van der Waals surface area contributed by atoms with Crippen LogP contribution in [0, 0.1) is 6.42 Å². The second-order valence-electron chi connectivity index (χ2n) is 3.56. The zero-order valence-corrected chi connectivity index (χ0v) is 9.17. The van der Waals surface area contributed by atoms with E-state index in [-0.39, 0.29) is 0 Å². The van der Waals surface area contributed by atoms with Crippen molar-refractivity contribution in [3.05, 3.63) is 72.6 Å². The lowest BCUT2D eigenvalue weighted by atomic mass is 10.1. The van der Waals surface area contributed by atoms with E-state index in [0.29, 0.717) is 0 Å². The van der Waals surface area contributed by atoms with Crippen molar-refractivity contribution in [3.63, 3.8) is 0 Å². The van der Waals surface area contributed by atoms with Crippen molar-refractivity contribution < 1.29 is 4.74 Å². The number of hydrogen-bond acceptors (Lipinski definition) is 1. The van der Waals surface area contributed by atoms with Crippen molar-refractivity contribution in [3.8, 4) is 5.75 Å². The third kappa shape index (κ3) is 3.43. The van der Waals surface area contributed by atoms with Crippen LogP contribution in [0.2, 0.25) is 0 Å². The van der Waals surface area contributed by atoms with Crippen LogP contribution in [-0.2, 0) is 0 Å². The molecular formula is C15H15O. The monoisotopic (exact) mass is 211 g/mol. The molecule has 0 amide bonds. The van der Waals surface area contributed by atoms with Gasteiger partial charge in [-0.2, -0.15) is 0 Å². The van der Waals surface area contributed by atoms with Crippen molar-refractivity contribution in [1.29, 1.82) is 0 Å². The quantitative estimate of drug-likeness (QED) is 0.685. The minimum atomic E-state index is 0.721. The molecule has 1 radical (unpaired) electrons. The highest BCUT2D eigenvalue weighted by Crippen LogP contribution is 2.10. The molecule has 0 N–H and O–H groups in total. The average molecular weight is 211 g/mol. The van der Waals surface area contributed by atoms with Crippen molar-refractivity contribution >= 4 is 0 Å². The van der Waals surface area contributed by atoms with Gasteiger partial charge in [-0.25, -0.2) is 0 Å². The highest BCUT2D eigenvalue weighted by Gasteiger charge is 1.94. The van der Waals surface area contributed by atoms with Gasteiger partial charge < -0.3 is 4.74 Å². The predicted molar refractivity (Wildman–Crippen MR) is 66.4 cm³/mol. The van der Waals surface area contributed by atoms with Crippen LogP contribution in [0.1, 0.15) is 12.0 Å². The third-order valence-electron chi connectivity index (χ3n) is 2.31. The van der Waals surface area contributed by atoms with Crippen molar-refractivity contribution in [2.24, 2.45) is 0 Å². The van der Waals surface area contributed by atoms with E-state index >= 15 is 0 Å². The predicted octanol–water partition coefficient (Wildman–Crippen LogP) is 3.71. The standard InChI is InChI=1S/C15H15O/c1-3-8-14(9-4-1)10-7-13-16-15-11-5-2-6-12-15/h1-6,8-12H,7,13H2. The average Bonchev–Trinajstić information content (AvgIpc) is 2.37. The SMILES string of the molecule is [CH](CCOc1ccccc1)c1ccccc1. The third-order valence-corrected chi connectivity index (χ3v) is 2.31. The molecule has 0 fully saturated rings. The largest absolute Gasteiger partial charge is 0.494 e.